The van der Waals surface area contributed by atoms with Crippen LogP contribution >= 0.6 is 0 Å². The molecule has 4 heteroatoms. The molecule has 0 radical (unpaired) electrons. The minimum Gasteiger partial charge on any atom is -0.507 e. The number of phenolic OH excluding ortho intramolecular Hbond substituents is 1. The van der Waals surface area contributed by atoms with Gasteiger partial charge in [0.2, 0.25) is 0 Å². The lowest BCUT2D eigenvalue weighted by Crippen LogP contribution is -2.06. The quantitative estimate of drug-likeness (QED) is 0.644. The Kier molecular flexibility index (Phi) is 4.26. The summed E-state index contributed by atoms with van der Waals surface area (Å²) in [6.07, 6.45) is 0.414. The molecule has 0 saturated carbocycles. The molecular formula is C13H16O4. The molecule has 0 amide bonds. The van der Waals surface area contributed by atoms with E-state index in [1.54, 1.807) is 0 Å². The molecule has 0 saturated heterocycles. The number of phenols is 1. The number of Topliss-reactive ketones (excluding diaryl/α,β-unsaturated/α-hetero) is 1. The van der Waals surface area contributed by atoms with Gasteiger partial charge in [-0.05, 0) is 18.1 Å². The van der Waals surface area contributed by atoms with Gasteiger partial charge >= 0.3 is 5.97 Å². The van der Waals surface area contributed by atoms with Crippen molar-refractivity contribution in [2.24, 2.45) is 5.92 Å². The van der Waals surface area contributed by atoms with E-state index >= 15 is 0 Å². The Labute approximate surface area is 100 Å². The lowest BCUT2D eigenvalue weighted by atomic mass is 10.00. The lowest BCUT2D eigenvalue weighted by molar-refractivity contribution is 0.0597. The molecule has 0 fully saturated rings. The molecule has 0 bridgehead atoms. The Hall–Kier alpha value is -1.84. The van der Waals surface area contributed by atoms with Crippen molar-refractivity contribution in [1.82, 2.24) is 0 Å². The molecule has 0 aliphatic heterocycles. The fourth-order valence-electron chi connectivity index (χ4n) is 1.48. The molecule has 17 heavy (non-hydrogen) atoms. The van der Waals surface area contributed by atoms with E-state index in [2.05, 4.69) is 4.74 Å². The summed E-state index contributed by atoms with van der Waals surface area (Å²) >= 11 is 0. The maximum Gasteiger partial charge on any atom is 0.341 e. The number of ketones is 1. The summed E-state index contributed by atoms with van der Waals surface area (Å²) in [4.78, 5) is 23.0. The average molecular weight is 236 g/mol. The number of esters is 1. The highest BCUT2D eigenvalue weighted by Gasteiger charge is 2.15. The Balaban J connectivity index is 2.96. The van der Waals surface area contributed by atoms with Crippen LogP contribution < -0.4 is 0 Å². The smallest absolute Gasteiger partial charge is 0.341 e. The predicted molar refractivity (Wildman–Crippen MR) is 63.2 cm³/mol. The summed E-state index contributed by atoms with van der Waals surface area (Å²) in [5.41, 5.74) is 0.470. The van der Waals surface area contributed by atoms with Gasteiger partial charge in [-0.3, -0.25) is 4.79 Å². The largest absolute Gasteiger partial charge is 0.507 e. The van der Waals surface area contributed by atoms with Gasteiger partial charge in [0.1, 0.15) is 11.3 Å². The third kappa shape index (κ3) is 3.31. The fraction of sp³-hybridized carbons (Fsp3) is 0.385. The first kappa shape index (κ1) is 13.2. The van der Waals surface area contributed by atoms with Gasteiger partial charge in [0.15, 0.2) is 5.78 Å². The van der Waals surface area contributed by atoms with E-state index in [1.807, 2.05) is 13.8 Å². The zero-order valence-corrected chi connectivity index (χ0v) is 10.2. The molecule has 1 aromatic rings. The Morgan fingerprint density at radius 3 is 2.47 bits per heavy atom. The van der Waals surface area contributed by atoms with Crippen molar-refractivity contribution in [2.45, 2.75) is 20.3 Å². The van der Waals surface area contributed by atoms with Crippen molar-refractivity contribution in [3.8, 4) is 5.75 Å². The fourth-order valence-corrected chi connectivity index (χ4v) is 1.48. The molecule has 0 aromatic heterocycles. The van der Waals surface area contributed by atoms with Crippen LogP contribution in [0.1, 0.15) is 41.0 Å². The zero-order valence-electron chi connectivity index (χ0n) is 10.2. The number of carbonyl (C=O) groups is 2. The normalized spacial score (nSPS) is 10.4. The van der Waals surface area contributed by atoms with E-state index in [9.17, 15) is 14.7 Å². The van der Waals surface area contributed by atoms with Crippen molar-refractivity contribution >= 4 is 11.8 Å². The molecule has 0 spiro atoms. The van der Waals surface area contributed by atoms with Gasteiger partial charge in [-0.1, -0.05) is 19.9 Å². The van der Waals surface area contributed by atoms with Crippen LogP contribution in [-0.2, 0) is 4.74 Å². The number of benzene rings is 1. The van der Waals surface area contributed by atoms with Crippen LogP contribution in [0.15, 0.2) is 18.2 Å². The monoisotopic (exact) mass is 236 g/mol. The lowest BCUT2D eigenvalue weighted by Gasteiger charge is -2.06. The van der Waals surface area contributed by atoms with Crippen molar-refractivity contribution < 1.29 is 19.4 Å². The second-order valence-corrected chi connectivity index (χ2v) is 4.24. The molecule has 4 nitrogen and oxygen atoms in total. The highest BCUT2D eigenvalue weighted by Crippen LogP contribution is 2.21. The third-order valence-electron chi connectivity index (χ3n) is 2.32. The summed E-state index contributed by atoms with van der Waals surface area (Å²) in [7, 11) is 1.24. The van der Waals surface area contributed by atoms with E-state index in [0.29, 0.717) is 12.0 Å². The van der Waals surface area contributed by atoms with Gasteiger partial charge in [-0.15, -0.1) is 0 Å². The van der Waals surface area contributed by atoms with Crippen LogP contribution in [0, 0.1) is 5.92 Å². The number of methoxy groups -OCH3 is 1. The first-order valence-electron chi connectivity index (χ1n) is 5.40. The minimum atomic E-state index is -0.620. The van der Waals surface area contributed by atoms with E-state index < -0.39 is 5.97 Å². The maximum absolute atomic E-state index is 11.7. The van der Waals surface area contributed by atoms with E-state index in [-0.39, 0.29) is 23.0 Å². The van der Waals surface area contributed by atoms with Gasteiger partial charge in [0, 0.05) is 12.0 Å². The van der Waals surface area contributed by atoms with Crippen molar-refractivity contribution in [3.63, 3.8) is 0 Å². The molecule has 0 unspecified atom stereocenters. The Morgan fingerprint density at radius 1 is 1.35 bits per heavy atom. The second-order valence-electron chi connectivity index (χ2n) is 4.24. The highest BCUT2D eigenvalue weighted by molar-refractivity contribution is 5.99. The van der Waals surface area contributed by atoms with E-state index in [1.165, 1.54) is 25.3 Å². The topological polar surface area (TPSA) is 63.6 Å². The molecule has 0 atom stereocenters. The SMILES string of the molecule is COC(=O)c1ccc(C(=O)CC(C)C)cc1O. The number of hydrogen-bond donors (Lipinski definition) is 1. The molecule has 0 aliphatic carbocycles. The van der Waals surface area contributed by atoms with Crippen molar-refractivity contribution in [1.29, 1.82) is 0 Å². The van der Waals surface area contributed by atoms with Crippen LogP contribution in [0.25, 0.3) is 0 Å². The Bertz CT molecular complexity index is 435. The zero-order chi connectivity index (χ0) is 13.0. The third-order valence-corrected chi connectivity index (χ3v) is 2.32. The van der Waals surface area contributed by atoms with Gasteiger partial charge in [-0.25, -0.2) is 4.79 Å². The standard InChI is InChI=1S/C13H16O4/c1-8(2)6-11(14)9-4-5-10(12(15)7-9)13(16)17-3/h4-5,7-8,15H,6H2,1-3H3. The molecule has 1 aromatic carbocycles. The van der Waals surface area contributed by atoms with Gasteiger partial charge in [0.05, 0.1) is 7.11 Å². The van der Waals surface area contributed by atoms with Crippen molar-refractivity contribution in [3.05, 3.63) is 29.3 Å². The number of aromatic hydroxyl groups is 1. The first-order valence-corrected chi connectivity index (χ1v) is 5.40. The van der Waals surface area contributed by atoms with Gasteiger partial charge in [0.25, 0.3) is 0 Å². The van der Waals surface area contributed by atoms with Crippen LogP contribution in [0.2, 0.25) is 0 Å². The summed E-state index contributed by atoms with van der Waals surface area (Å²) < 4.78 is 4.50. The minimum absolute atomic E-state index is 0.0493. The number of carbonyl (C=O) groups excluding carboxylic acids is 2. The van der Waals surface area contributed by atoms with Crippen LogP contribution in [0.3, 0.4) is 0 Å². The first-order chi connectivity index (χ1) is 7.95. The molecule has 1 rings (SSSR count). The predicted octanol–water partition coefficient (Wildman–Crippen LogP) is 2.41. The molecule has 0 aliphatic rings. The summed E-state index contributed by atoms with van der Waals surface area (Å²) in [6.45, 7) is 3.89. The second kappa shape index (κ2) is 5.48. The van der Waals surface area contributed by atoms with E-state index in [4.69, 9.17) is 0 Å². The van der Waals surface area contributed by atoms with Gasteiger partial charge in [-0.2, -0.15) is 0 Å². The molecule has 0 heterocycles. The maximum atomic E-state index is 11.7. The highest BCUT2D eigenvalue weighted by atomic mass is 16.5. The van der Waals surface area contributed by atoms with Crippen LogP contribution in [0.4, 0.5) is 0 Å². The summed E-state index contributed by atoms with van der Waals surface area (Å²) in [5.74, 6) is -0.645. The number of hydrogen-bond acceptors (Lipinski definition) is 4. The van der Waals surface area contributed by atoms with E-state index in [0.717, 1.165) is 0 Å². The van der Waals surface area contributed by atoms with Crippen LogP contribution in [-0.4, -0.2) is 24.0 Å². The Morgan fingerprint density at radius 2 is 2.00 bits per heavy atom. The number of rotatable bonds is 4. The number of ether oxygens (including phenoxy) is 1. The molecular weight excluding hydrogens is 220 g/mol. The molecule has 1 N–H and O–H groups in total. The van der Waals surface area contributed by atoms with Crippen molar-refractivity contribution in [2.75, 3.05) is 7.11 Å². The summed E-state index contributed by atoms with van der Waals surface area (Å²) in [6, 6.07) is 4.22. The summed E-state index contributed by atoms with van der Waals surface area (Å²) in [5, 5.41) is 9.62. The van der Waals surface area contributed by atoms with Crippen LogP contribution in [0.5, 0.6) is 5.75 Å². The van der Waals surface area contributed by atoms with Gasteiger partial charge < -0.3 is 9.84 Å². The average Bonchev–Trinajstić information content (AvgIpc) is 2.27. The molecule has 92 valence electrons.